The highest BCUT2D eigenvalue weighted by Crippen LogP contribution is 2.16. The molecule has 8 heteroatoms. The van der Waals surface area contributed by atoms with Gasteiger partial charge in [-0.2, -0.15) is 0 Å². The zero-order chi connectivity index (χ0) is 17.5. The van der Waals surface area contributed by atoms with E-state index in [0.717, 1.165) is 3.57 Å². The van der Waals surface area contributed by atoms with Crippen LogP contribution in [0.3, 0.4) is 0 Å². The smallest absolute Gasteiger partial charge is 0.273 e. The van der Waals surface area contributed by atoms with Crippen LogP contribution in [0.25, 0.3) is 0 Å². The van der Waals surface area contributed by atoms with E-state index < -0.39 is 5.91 Å². The first kappa shape index (κ1) is 18.1. The van der Waals surface area contributed by atoms with Crippen molar-refractivity contribution < 1.29 is 14.3 Å². The molecule has 124 valence electrons. The molecule has 0 aromatic heterocycles. The third-order valence-corrected chi connectivity index (χ3v) is 4.13. The number of amides is 2. The van der Waals surface area contributed by atoms with Gasteiger partial charge in [0.25, 0.3) is 11.8 Å². The van der Waals surface area contributed by atoms with Crippen LogP contribution in [0.15, 0.2) is 48.5 Å². The first-order valence-electron chi connectivity index (χ1n) is 6.82. The molecule has 24 heavy (non-hydrogen) atoms. The average Bonchev–Trinajstić information content (AvgIpc) is 2.59. The molecule has 2 rings (SSSR count). The number of thiocarbonyl (C=S) groups is 1. The molecule has 0 bridgehead atoms. The minimum Gasteiger partial charge on any atom is -0.496 e. The molecular formula is C16H14IN3O3S. The number of rotatable bonds is 3. The molecule has 2 amide bonds. The van der Waals surface area contributed by atoms with Crippen LogP contribution in [0.1, 0.15) is 20.7 Å². The molecule has 2 aromatic rings. The summed E-state index contributed by atoms with van der Waals surface area (Å²) in [6.45, 7) is 0. The second-order valence-electron chi connectivity index (χ2n) is 4.54. The zero-order valence-corrected chi connectivity index (χ0v) is 15.6. The molecule has 0 saturated carbocycles. The predicted octanol–water partition coefficient (Wildman–Crippen LogP) is 2.25. The SMILES string of the molecule is COc1ccccc1C(=O)NNC(=S)NC(=O)c1ccccc1I. The van der Waals surface area contributed by atoms with Crippen molar-refractivity contribution in [3.05, 3.63) is 63.2 Å². The molecule has 0 unspecified atom stereocenters. The lowest BCUT2D eigenvalue weighted by molar-refractivity contribution is 0.0932. The summed E-state index contributed by atoms with van der Waals surface area (Å²) in [5.41, 5.74) is 5.76. The number of hydrogen-bond acceptors (Lipinski definition) is 4. The van der Waals surface area contributed by atoms with Gasteiger partial charge in [-0.1, -0.05) is 24.3 Å². The Kier molecular flexibility index (Phi) is 6.50. The molecule has 3 N–H and O–H groups in total. The Labute approximate surface area is 158 Å². The first-order chi connectivity index (χ1) is 11.5. The quantitative estimate of drug-likeness (QED) is 0.376. The van der Waals surface area contributed by atoms with Gasteiger partial charge in [-0.15, -0.1) is 0 Å². The van der Waals surface area contributed by atoms with Gasteiger partial charge in [0.1, 0.15) is 5.75 Å². The minimum atomic E-state index is -0.432. The van der Waals surface area contributed by atoms with Crippen LogP contribution >= 0.6 is 34.8 Å². The van der Waals surface area contributed by atoms with Crippen molar-refractivity contribution in [1.29, 1.82) is 0 Å². The maximum absolute atomic E-state index is 12.1. The number of methoxy groups -OCH3 is 1. The van der Waals surface area contributed by atoms with E-state index in [2.05, 4.69) is 38.8 Å². The Morgan fingerprint density at radius 2 is 1.58 bits per heavy atom. The highest BCUT2D eigenvalue weighted by Gasteiger charge is 2.13. The number of hydrazine groups is 1. The van der Waals surface area contributed by atoms with E-state index in [1.54, 1.807) is 36.4 Å². The Hall–Kier alpha value is -2.20. The van der Waals surface area contributed by atoms with Gasteiger partial charge in [0.15, 0.2) is 5.11 Å². The summed E-state index contributed by atoms with van der Waals surface area (Å²) in [6, 6.07) is 13.9. The van der Waals surface area contributed by atoms with Crippen molar-refractivity contribution in [2.24, 2.45) is 0 Å². The third kappa shape index (κ3) is 4.65. The highest BCUT2D eigenvalue weighted by atomic mass is 127. The molecule has 0 aliphatic carbocycles. The van der Waals surface area contributed by atoms with Gasteiger partial charge in [0, 0.05) is 3.57 Å². The van der Waals surface area contributed by atoms with E-state index in [4.69, 9.17) is 17.0 Å². The van der Waals surface area contributed by atoms with E-state index in [9.17, 15) is 9.59 Å². The molecule has 6 nitrogen and oxygen atoms in total. The standard InChI is InChI=1S/C16H14IN3O3S/c1-23-13-9-5-3-7-11(13)15(22)19-20-16(24)18-14(21)10-6-2-4-8-12(10)17/h2-9H,1H3,(H,19,22)(H2,18,20,21,24). The average molecular weight is 455 g/mol. The van der Waals surface area contributed by atoms with E-state index in [1.165, 1.54) is 7.11 Å². The predicted molar refractivity (Wildman–Crippen MR) is 103 cm³/mol. The molecule has 0 fully saturated rings. The number of hydrogen-bond donors (Lipinski definition) is 3. The molecular weight excluding hydrogens is 441 g/mol. The van der Waals surface area contributed by atoms with Gasteiger partial charge in [0.2, 0.25) is 0 Å². The minimum absolute atomic E-state index is 0.0112. The van der Waals surface area contributed by atoms with Crippen molar-refractivity contribution in [3.8, 4) is 5.75 Å². The lowest BCUT2D eigenvalue weighted by Gasteiger charge is -2.12. The van der Waals surface area contributed by atoms with Gasteiger partial charge in [-0.05, 0) is 59.1 Å². The molecule has 2 aromatic carbocycles. The normalized spacial score (nSPS) is 9.75. The second-order valence-corrected chi connectivity index (χ2v) is 6.11. The van der Waals surface area contributed by atoms with E-state index >= 15 is 0 Å². The van der Waals surface area contributed by atoms with Crippen molar-refractivity contribution >= 4 is 51.7 Å². The maximum Gasteiger partial charge on any atom is 0.273 e. The second kappa shape index (κ2) is 8.60. The van der Waals surface area contributed by atoms with Crippen LogP contribution in [0.2, 0.25) is 0 Å². The Bertz CT molecular complexity index is 783. The lowest BCUT2D eigenvalue weighted by atomic mass is 10.2. The topological polar surface area (TPSA) is 79.5 Å². The monoisotopic (exact) mass is 455 g/mol. The van der Waals surface area contributed by atoms with Crippen molar-refractivity contribution in [2.75, 3.05) is 7.11 Å². The molecule has 0 saturated heterocycles. The summed E-state index contributed by atoms with van der Waals surface area (Å²) in [7, 11) is 1.48. The summed E-state index contributed by atoms with van der Waals surface area (Å²) in [6.07, 6.45) is 0. The third-order valence-electron chi connectivity index (χ3n) is 2.99. The van der Waals surface area contributed by atoms with Gasteiger partial charge < -0.3 is 4.74 Å². The summed E-state index contributed by atoms with van der Waals surface area (Å²) in [4.78, 5) is 24.2. The Morgan fingerprint density at radius 3 is 2.25 bits per heavy atom. The molecule has 0 aliphatic rings. The van der Waals surface area contributed by atoms with Gasteiger partial charge >= 0.3 is 0 Å². The highest BCUT2D eigenvalue weighted by molar-refractivity contribution is 14.1. The van der Waals surface area contributed by atoms with Crippen molar-refractivity contribution in [3.63, 3.8) is 0 Å². The Balaban J connectivity index is 1.92. The molecule has 0 radical (unpaired) electrons. The molecule has 0 spiro atoms. The fourth-order valence-corrected chi connectivity index (χ4v) is 2.64. The number of para-hydroxylation sites is 1. The lowest BCUT2D eigenvalue weighted by Crippen LogP contribution is -2.48. The number of halogens is 1. The van der Waals surface area contributed by atoms with Gasteiger partial charge in [0.05, 0.1) is 18.2 Å². The van der Waals surface area contributed by atoms with Crippen molar-refractivity contribution in [2.45, 2.75) is 0 Å². The number of benzene rings is 2. The van der Waals surface area contributed by atoms with Gasteiger partial charge in [-0.25, -0.2) is 0 Å². The van der Waals surface area contributed by atoms with Crippen LogP contribution in [-0.2, 0) is 0 Å². The van der Waals surface area contributed by atoms with E-state index in [-0.39, 0.29) is 11.0 Å². The van der Waals surface area contributed by atoms with Crippen LogP contribution in [0, 0.1) is 3.57 Å². The molecule has 0 heterocycles. The largest absolute Gasteiger partial charge is 0.496 e. The fraction of sp³-hybridized carbons (Fsp3) is 0.0625. The van der Waals surface area contributed by atoms with Gasteiger partial charge in [-0.3, -0.25) is 25.8 Å². The first-order valence-corrected chi connectivity index (χ1v) is 8.31. The van der Waals surface area contributed by atoms with E-state index in [0.29, 0.717) is 16.9 Å². The number of carbonyl (C=O) groups is 2. The maximum atomic E-state index is 12.1. The van der Waals surface area contributed by atoms with Crippen molar-refractivity contribution in [1.82, 2.24) is 16.2 Å². The van der Waals surface area contributed by atoms with Crippen LogP contribution in [0.5, 0.6) is 5.75 Å². The van der Waals surface area contributed by atoms with E-state index in [1.807, 2.05) is 12.1 Å². The summed E-state index contributed by atoms with van der Waals surface area (Å²) in [5, 5.41) is 2.49. The molecule has 0 atom stereocenters. The number of nitrogens with one attached hydrogen (secondary N) is 3. The van der Waals surface area contributed by atoms with Crippen LogP contribution < -0.4 is 20.9 Å². The Morgan fingerprint density at radius 1 is 0.958 bits per heavy atom. The van der Waals surface area contributed by atoms with Crippen LogP contribution in [0.4, 0.5) is 0 Å². The summed E-state index contributed by atoms with van der Waals surface area (Å²) in [5.74, 6) is -0.354. The van der Waals surface area contributed by atoms with Crippen LogP contribution in [-0.4, -0.2) is 24.0 Å². The fourth-order valence-electron chi connectivity index (χ4n) is 1.86. The number of carbonyl (C=O) groups excluding carboxylic acids is 2. The zero-order valence-electron chi connectivity index (χ0n) is 12.6. The molecule has 0 aliphatic heterocycles. The summed E-state index contributed by atoms with van der Waals surface area (Å²) < 4.78 is 5.92. The summed E-state index contributed by atoms with van der Waals surface area (Å²) >= 11 is 7.07. The number of ether oxygens (including phenoxy) is 1.